The van der Waals surface area contributed by atoms with Crippen LogP contribution in [0, 0.1) is 0 Å². The number of morpholine rings is 2. The zero-order chi connectivity index (χ0) is 18.6. The number of anilines is 1. The van der Waals surface area contributed by atoms with Gasteiger partial charge in [0, 0.05) is 35.4 Å². The summed E-state index contributed by atoms with van der Waals surface area (Å²) in [4.78, 5) is 17.1. The van der Waals surface area contributed by atoms with Crippen LogP contribution in [-0.2, 0) is 9.47 Å². The Balaban J connectivity index is 1.43. The van der Waals surface area contributed by atoms with Crippen molar-refractivity contribution in [3.63, 3.8) is 0 Å². The molecule has 2 aromatic rings. The third-order valence-electron chi connectivity index (χ3n) is 5.09. The fourth-order valence-electron chi connectivity index (χ4n) is 3.53. The highest BCUT2D eigenvalue weighted by atomic mass is 79.9. The topological polar surface area (TPSA) is 42.0 Å². The average Bonchev–Trinajstić information content (AvgIpc) is 2.75. The van der Waals surface area contributed by atoms with E-state index in [0.717, 1.165) is 47.6 Å². The predicted octanol–water partition coefficient (Wildman–Crippen LogP) is 3.50. The van der Waals surface area contributed by atoms with E-state index in [4.69, 9.17) is 9.47 Å². The van der Waals surface area contributed by atoms with Crippen molar-refractivity contribution in [3.8, 4) is 0 Å². The third kappa shape index (κ3) is 4.34. The average molecular weight is 431 g/mol. The molecule has 2 aliphatic rings. The molecule has 0 aliphatic carbocycles. The molecule has 0 spiro atoms. The van der Waals surface area contributed by atoms with Crippen LogP contribution < -0.4 is 4.90 Å². The molecule has 2 fully saturated rings. The molecule has 1 atom stereocenters. The van der Waals surface area contributed by atoms with Gasteiger partial charge in [-0.2, -0.15) is 0 Å². The molecule has 2 heterocycles. The van der Waals surface area contributed by atoms with Gasteiger partial charge in [-0.3, -0.25) is 4.79 Å². The molecule has 0 aromatic heterocycles. The van der Waals surface area contributed by atoms with E-state index in [9.17, 15) is 4.79 Å². The summed E-state index contributed by atoms with van der Waals surface area (Å²) < 4.78 is 12.3. The second-order valence-electron chi connectivity index (χ2n) is 6.81. The quantitative estimate of drug-likeness (QED) is 0.746. The van der Waals surface area contributed by atoms with Crippen molar-refractivity contribution in [3.05, 3.63) is 64.1 Å². The summed E-state index contributed by atoms with van der Waals surface area (Å²) in [5.41, 5.74) is 2.96. The highest BCUT2D eigenvalue weighted by Gasteiger charge is 2.26. The van der Waals surface area contributed by atoms with Gasteiger partial charge in [0.25, 0.3) is 5.91 Å². The van der Waals surface area contributed by atoms with E-state index in [1.807, 2.05) is 53.4 Å². The molecule has 2 aliphatic heterocycles. The van der Waals surface area contributed by atoms with Crippen LogP contribution in [0.5, 0.6) is 0 Å². The van der Waals surface area contributed by atoms with Gasteiger partial charge in [-0.05, 0) is 42.0 Å². The Kier molecular flexibility index (Phi) is 5.76. The van der Waals surface area contributed by atoms with Crippen LogP contribution in [0.3, 0.4) is 0 Å². The Bertz CT molecular complexity index is 773. The van der Waals surface area contributed by atoms with Crippen LogP contribution in [0.15, 0.2) is 53.0 Å². The number of ether oxygens (including phenoxy) is 2. The minimum absolute atomic E-state index is 0.0638. The minimum atomic E-state index is -0.0802. The summed E-state index contributed by atoms with van der Waals surface area (Å²) in [6, 6.07) is 16.0. The van der Waals surface area contributed by atoms with Crippen LogP contribution in [0.4, 0.5) is 5.69 Å². The van der Waals surface area contributed by atoms with E-state index in [1.54, 1.807) is 0 Å². The SMILES string of the molecule is O=C(c1ccc(N2CCOCC2)cc1)N1CCOC(c2ccc(Br)cc2)C1. The number of carbonyl (C=O) groups is 1. The van der Waals surface area contributed by atoms with E-state index >= 15 is 0 Å². The van der Waals surface area contributed by atoms with Crippen molar-refractivity contribution in [2.75, 3.05) is 50.9 Å². The first kappa shape index (κ1) is 18.5. The lowest BCUT2D eigenvalue weighted by Crippen LogP contribution is -2.42. The van der Waals surface area contributed by atoms with Gasteiger partial charge in [0.2, 0.25) is 0 Å². The molecule has 2 aromatic carbocycles. The van der Waals surface area contributed by atoms with Gasteiger partial charge in [0.15, 0.2) is 0 Å². The summed E-state index contributed by atoms with van der Waals surface area (Å²) in [5.74, 6) is 0.0638. The molecule has 0 saturated carbocycles. The molecule has 142 valence electrons. The van der Waals surface area contributed by atoms with Crippen LogP contribution in [0.2, 0.25) is 0 Å². The lowest BCUT2D eigenvalue weighted by atomic mass is 10.1. The van der Waals surface area contributed by atoms with Crippen molar-refractivity contribution >= 4 is 27.5 Å². The van der Waals surface area contributed by atoms with Crippen LogP contribution in [0.1, 0.15) is 22.0 Å². The van der Waals surface area contributed by atoms with Crippen molar-refractivity contribution in [1.82, 2.24) is 4.90 Å². The first-order chi connectivity index (χ1) is 13.2. The Labute approximate surface area is 168 Å². The Morgan fingerprint density at radius 3 is 2.33 bits per heavy atom. The fourth-order valence-corrected chi connectivity index (χ4v) is 3.80. The zero-order valence-corrected chi connectivity index (χ0v) is 16.7. The van der Waals surface area contributed by atoms with Crippen molar-refractivity contribution in [2.24, 2.45) is 0 Å². The van der Waals surface area contributed by atoms with Gasteiger partial charge < -0.3 is 19.3 Å². The zero-order valence-electron chi connectivity index (χ0n) is 15.1. The molecule has 27 heavy (non-hydrogen) atoms. The number of carbonyl (C=O) groups excluding carboxylic acids is 1. The minimum Gasteiger partial charge on any atom is -0.378 e. The standard InChI is InChI=1S/C21H23BrN2O3/c22-18-5-1-16(2-6-18)20-15-24(11-14-27-20)21(25)17-3-7-19(8-4-17)23-9-12-26-13-10-23/h1-8,20H,9-15H2. The van der Waals surface area contributed by atoms with Crippen molar-refractivity contribution in [2.45, 2.75) is 6.10 Å². The van der Waals surface area contributed by atoms with Crippen LogP contribution >= 0.6 is 15.9 Å². The Morgan fingerprint density at radius 2 is 1.63 bits per heavy atom. The number of nitrogens with zero attached hydrogens (tertiary/aromatic N) is 2. The van der Waals surface area contributed by atoms with Crippen molar-refractivity contribution < 1.29 is 14.3 Å². The maximum absolute atomic E-state index is 12.9. The molecule has 4 rings (SSSR count). The number of hydrogen-bond donors (Lipinski definition) is 0. The lowest BCUT2D eigenvalue weighted by Gasteiger charge is -2.33. The van der Waals surface area contributed by atoms with E-state index in [1.165, 1.54) is 0 Å². The molecule has 2 saturated heterocycles. The van der Waals surface area contributed by atoms with Gasteiger partial charge in [0.05, 0.1) is 26.4 Å². The summed E-state index contributed by atoms with van der Waals surface area (Å²) in [6.45, 7) is 5.05. The summed E-state index contributed by atoms with van der Waals surface area (Å²) in [5, 5.41) is 0. The molecule has 6 heteroatoms. The molecule has 0 radical (unpaired) electrons. The van der Waals surface area contributed by atoms with Gasteiger partial charge in [-0.15, -0.1) is 0 Å². The number of halogens is 1. The highest BCUT2D eigenvalue weighted by Crippen LogP contribution is 2.25. The maximum atomic E-state index is 12.9. The van der Waals surface area contributed by atoms with Gasteiger partial charge >= 0.3 is 0 Å². The monoisotopic (exact) mass is 430 g/mol. The van der Waals surface area contributed by atoms with E-state index in [-0.39, 0.29) is 12.0 Å². The number of rotatable bonds is 3. The van der Waals surface area contributed by atoms with Gasteiger partial charge in [-0.1, -0.05) is 28.1 Å². The van der Waals surface area contributed by atoms with Gasteiger partial charge in [-0.25, -0.2) is 0 Å². The first-order valence-corrected chi connectivity index (χ1v) is 10.1. The lowest BCUT2D eigenvalue weighted by molar-refractivity contribution is -0.0228. The number of benzene rings is 2. The Morgan fingerprint density at radius 1 is 0.926 bits per heavy atom. The van der Waals surface area contributed by atoms with Crippen molar-refractivity contribution in [1.29, 1.82) is 0 Å². The predicted molar refractivity (Wildman–Crippen MR) is 108 cm³/mol. The number of hydrogen-bond acceptors (Lipinski definition) is 4. The first-order valence-electron chi connectivity index (χ1n) is 9.30. The second kappa shape index (κ2) is 8.42. The van der Waals surface area contributed by atoms with E-state index < -0.39 is 0 Å². The molecular weight excluding hydrogens is 408 g/mol. The molecular formula is C21H23BrN2O3. The number of amides is 1. The van der Waals surface area contributed by atoms with Gasteiger partial charge in [0.1, 0.15) is 6.10 Å². The third-order valence-corrected chi connectivity index (χ3v) is 5.61. The van der Waals surface area contributed by atoms with Crippen LogP contribution in [-0.4, -0.2) is 56.8 Å². The summed E-state index contributed by atoms with van der Waals surface area (Å²) >= 11 is 3.45. The van der Waals surface area contributed by atoms with Crippen LogP contribution in [0.25, 0.3) is 0 Å². The fraction of sp³-hybridized carbons (Fsp3) is 0.381. The smallest absolute Gasteiger partial charge is 0.254 e. The molecule has 0 N–H and O–H groups in total. The molecule has 1 unspecified atom stereocenters. The summed E-state index contributed by atoms with van der Waals surface area (Å²) in [7, 11) is 0. The van der Waals surface area contributed by atoms with E-state index in [2.05, 4.69) is 20.8 Å². The second-order valence-corrected chi connectivity index (χ2v) is 7.72. The Hall–Kier alpha value is -1.89. The highest BCUT2D eigenvalue weighted by molar-refractivity contribution is 9.10. The molecule has 1 amide bonds. The largest absolute Gasteiger partial charge is 0.378 e. The normalized spacial score (nSPS) is 20.6. The van der Waals surface area contributed by atoms with E-state index in [0.29, 0.717) is 19.7 Å². The molecule has 0 bridgehead atoms. The maximum Gasteiger partial charge on any atom is 0.254 e. The summed E-state index contributed by atoms with van der Waals surface area (Å²) in [6.07, 6.45) is -0.0802. The molecule has 5 nitrogen and oxygen atoms in total.